The second-order valence-corrected chi connectivity index (χ2v) is 3.88. The molecular formula is C12H21NO. The SMILES string of the molecule is CCCC(COC)n1c(C)ccc1C. The summed E-state index contributed by atoms with van der Waals surface area (Å²) in [6, 6.07) is 4.85. The molecule has 0 N–H and O–H groups in total. The Labute approximate surface area is 86.9 Å². The predicted octanol–water partition coefficient (Wildman–Crippen LogP) is 3.09. The molecule has 0 aliphatic rings. The van der Waals surface area contributed by atoms with Crippen molar-refractivity contribution in [1.82, 2.24) is 4.57 Å². The van der Waals surface area contributed by atoms with Crippen LogP contribution in [0.5, 0.6) is 0 Å². The van der Waals surface area contributed by atoms with Crippen LogP contribution in [0.2, 0.25) is 0 Å². The average Bonchev–Trinajstić information content (AvgIpc) is 2.46. The number of ether oxygens (including phenoxy) is 1. The van der Waals surface area contributed by atoms with Crippen LogP contribution in [0.15, 0.2) is 12.1 Å². The fourth-order valence-electron chi connectivity index (χ4n) is 2.07. The molecule has 0 saturated carbocycles. The average molecular weight is 195 g/mol. The fourth-order valence-corrected chi connectivity index (χ4v) is 2.07. The Bertz CT molecular complexity index is 252. The molecule has 2 heteroatoms. The molecule has 0 fully saturated rings. The van der Waals surface area contributed by atoms with Gasteiger partial charge in [-0.15, -0.1) is 0 Å². The molecule has 0 amide bonds. The van der Waals surface area contributed by atoms with Crippen molar-refractivity contribution < 1.29 is 4.74 Å². The van der Waals surface area contributed by atoms with E-state index in [9.17, 15) is 0 Å². The van der Waals surface area contributed by atoms with E-state index < -0.39 is 0 Å². The van der Waals surface area contributed by atoms with Crippen molar-refractivity contribution in [2.45, 2.75) is 39.7 Å². The van der Waals surface area contributed by atoms with Crippen LogP contribution in [-0.2, 0) is 4.74 Å². The van der Waals surface area contributed by atoms with Crippen LogP contribution in [0.1, 0.15) is 37.2 Å². The lowest BCUT2D eigenvalue weighted by Crippen LogP contribution is -2.16. The fraction of sp³-hybridized carbons (Fsp3) is 0.667. The molecule has 0 bridgehead atoms. The third kappa shape index (κ3) is 2.38. The molecule has 1 unspecified atom stereocenters. The van der Waals surface area contributed by atoms with Crippen molar-refractivity contribution in [2.75, 3.05) is 13.7 Å². The lowest BCUT2D eigenvalue weighted by molar-refractivity contribution is 0.149. The molecule has 0 aliphatic heterocycles. The zero-order valence-electron chi connectivity index (χ0n) is 9.71. The summed E-state index contributed by atoms with van der Waals surface area (Å²) >= 11 is 0. The van der Waals surface area contributed by atoms with Gasteiger partial charge in [0.2, 0.25) is 0 Å². The van der Waals surface area contributed by atoms with Crippen molar-refractivity contribution in [2.24, 2.45) is 0 Å². The van der Waals surface area contributed by atoms with E-state index in [0.717, 1.165) is 6.61 Å². The minimum Gasteiger partial charge on any atom is -0.383 e. The number of hydrogen-bond acceptors (Lipinski definition) is 1. The highest BCUT2D eigenvalue weighted by Gasteiger charge is 2.12. The van der Waals surface area contributed by atoms with E-state index >= 15 is 0 Å². The third-order valence-corrected chi connectivity index (χ3v) is 2.67. The molecular weight excluding hydrogens is 174 g/mol. The molecule has 1 heterocycles. The standard InChI is InChI=1S/C12H21NO/c1-5-6-12(9-14-4)13-10(2)7-8-11(13)3/h7-8,12H,5-6,9H2,1-4H3. The molecule has 1 atom stereocenters. The lowest BCUT2D eigenvalue weighted by atomic mass is 10.1. The van der Waals surface area contributed by atoms with E-state index in [1.54, 1.807) is 7.11 Å². The maximum absolute atomic E-state index is 5.27. The molecule has 0 aliphatic carbocycles. The van der Waals surface area contributed by atoms with Gasteiger partial charge in [0, 0.05) is 18.5 Å². The van der Waals surface area contributed by atoms with Crippen molar-refractivity contribution in [1.29, 1.82) is 0 Å². The summed E-state index contributed by atoms with van der Waals surface area (Å²) in [5.41, 5.74) is 2.66. The van der Waals surface area contributed by atoms with Gasteiger partial charge in [0.15, 0.2) is 0 Å². The van der Waals surface area contributed by atoms with E-state index in [0.29, 0.717) is 6.04 Å². The molecule has 0 radical (unpaired) electrons. The largest absolute Gasteiger partial charge is 0.383 e. The van der Waals surface area contributed by atoms with E-state index in [1.165, 1.54) is 24.2 Å². The van der Waals surface area contributed by atoms with Gasteiger partial charge in [0.25, 0.3) is 0 Å². The molecule has 1 aromatic heterocycles. The second-order valence-electron chi connectivity index (χ2n) is 3.88. The minimum atomic E-state index is 0.500. The van der Waals surface area contributed by atoms with Gasteiger partial charge >= 0.3 is 0 Å². The van der Waals surface area contributed by atoms with E-state index in [4.69, 9.17) is 4.74 Å². The number of rotatable bonds is 5. The van der Waals surface area contributed by atoms with E-state index in [-0.39, 0.29) is 0 Å². The maximum Gasteiger partial charge on any atom is 0.0670 e. The Hall–Kier alpha value is -0.760. The lowest BCUT2D eigenvalue weighted by Gasteiger charge is -2.21. The van der Waals surface area contributed by atoms with Crippen molar-refractivity contribution in [3.8, 4) is 0 Å². The summed E-state index contributed by atoms with van der Waals surface area (Å²) in [4.78, 5) is 0. The van der Waals surface area contributed by atoms with Crippen LogP contribution in [0, 0.1) is 13.8 Å². The summed E-state index contributed by atoms with van der Waals surface area (Å²) in [5.74, 6) is 0. The summed E-state index contributed by atoms with van der Waals surface area (Å²) in [6.45, 7) is 7.34. The van der Waals surface area contributed by atoms with Gasteiger partial charge < -0.3 is 9.30 Å². The molecule has 80 valence electrons. The van der Waals surface area contributed by atoms with Crippen LogP contribution in [-0.4, -0.2) is 18.3 Å². The Kier molecular flexibility index (Phi) is 4.21. The van der Waals surface area contributed by atoms with Crippen molar-refractivity contribution in [3.05, 3.63) is 23.5 Å². The zero-order valence-corrected chi connectivity index (χ0v) is 9.71. The highest BCUT2D eigenvalue weighted by Crippen LogP contribution is 2.20. The number of methoxy groups -OCH3 is 1. The Morgan fingerprint density at radius 1 is 1.29 bits per heavy atom. The van der Waals surface area contributed by atoms with E-state index in [2.05, 4.69) is 37.5 Å². The molecule has 0 aromatic carbocycles. The highest BCUT2D eigenvalue weighted by molar-refractivity contribution is 5.15. The maximum atomic E-state index is 5.27. The molecule has 14 heavy (non-hydrogen) atoms. The van der Waals surface area contributed by atoms with Gasteiger partial charge in [-0.25, -0.2) is 0 Å². The monoisotopic (exact) mass is 195 g/mol. The normalized spacial score (nSPS) is 13.1. The number of aromatic nitrogens is 1. The smallest absolute Gasteiger partial charge is 0.0670 e. The zero-order chi connectivity index (χ0) is 10.6. The molecule has 1 rings (SSSR count). The summed E-state index contributed by atoms with van der Waals surface area (Å²) in [5, 5.41) is 0. The first-order valence-corrected chi connectivity index (χ1v) is 5.34. The van der Waals surface area contributed by atoms with Gasteiger partial charge in [0.05, 0.1) is 12.6 Å². The molecule has 0 saturated heterocycles. The number of nitrogens with zero attached hydrogens (tertiary/aromatic N) is 1. The predicted molar refractivity (Wildman–Crippen MR) is 59.7 cm³/mol. The van der Waals surface area contributed by atoms with Crippen LogP contribution in [0.3, 0.4) is 0 Å². The van der Waals surface area contributed by atoms with Gasteiger partial charge in [-0.05, 0) is 32.4 Å². The van der Waals surface area contributed by atoms with Gasteiger partial charge in [-0.2, -0.15) is 0 Å². The molecule has 2 nitrogen and oxygen atoms in total. The molecule has 0 spiro atoms. The first kappa shape index (κ1) is 11.3. The first-order valence-electron chi connectivity index (χ1n) is 5.34. The van der Waals surface area contributed by atoms with Gasteiger partial charge in [-0.3, -0.25) is 0 Å². The Balaban J connectivity index is 2.85. The van der Waals surface area contributed by atoms with Crippen molar-refractivity contribution in [3.63, 3.8) is 0 Å². The highest BCUT2D eigenvalue weighted by atomic mass is 16.5. The van der Waals surface area contributed by atoms with Crippen LogP contribution in [0.25, 0.3) is 0 Å². The first-order chi connectivity index (χ1) is 6.70. The Morgan fingerprint density at radius 2 is 1.86 bits per heavy atom. The van der Waals surface area contributed by atoms with Crippen LogP contribution < -0.4 is 0 Å². The third-order valence-electron chi connectivity index (χ3n) is 2.67. The number of aryl methyl sites for hydroxylation is 2. The van der Waals surface area contributed by atoms with Gasteiger partial charge in [-0.1, -0.05) is 13.3 Å². The quantitative estimate of drug-likeness (QED) is 0.704. The summed E-state index contributed by atoms with van der Waals surface area (Å²) in [6.07, 6.45) is 2.38. The summed E-state index contributed by atoms with van der Waals surface area (Å²) < 4.78 is 7.65. The number of hydrogen-bond donors (Lipinski definition) is 0. The van der Waals surface area contributed by atoms with Crippen LogP contribution in [0.4, 0.5) is 0 Å². The summed E-state index contributed by atoms with van der Waals surface area (Å²) in [7, 11) is 1.77. The molecule has 1 aromatic rings. The Morgan fingerprint density at radius 3 is 2.29 bits per heavy atom. The topological polar surface area (TPSA) is 14.2 Å². The van der Waals surface area contributed by atoms with Crippen LogP contribution >= 0.6 is 0 Å². The minimum absolute atomic E-state index is 0.500. The van der Waals surface area contributed by atoms with Gasteiger partial charge in [0.1, 0.15) is 0 Å². The van der Waals surface area contributed by atoms with Crippen molar-refractivity contribution >= 4 is 0 Å². The van der Waals surface area contributed by atoms with E-state index in [1.807, 2.05) is 0 Å². The second kappa shape index (κ2) is 5.20.